The molecule has 1 saturated heterocycles. The molecule has 0 unspecified atom stereocenters. The Hall–Kier alpha value is -2.15. The van der Waals surface area contributed by atoms with Gasteiger partial charge in [-0.3, -0.25) is 9.59 Å². The number of pyridine rings is 1. The molecule has 2 atom stereocenters. The molecule has 0 aromatic carbocycles. The van der Waals surface area contributed by atoms with Gasteiger partial charge in [-0.1, -0.05) is 0 Å². The normalized spacial score (nSPS) is 20.9. The van der Waals surface area contributed by atoms with Gasteiger partial charge in [0.1, 0.15) is 5.82 Å². The second kappa shape index (κ2) is 7.92. The van der Waals surface area contributed by atoms with E-state index in [1.54, 1.807) is 44.4 Å². The first kappa shape index (κ1) is 17.2. The van der Waals surface area contributed by atoms with Gasteiger partial charge >= 0.3 is 0 Å². The lowest BCUT2D eigenvalue weighted by Crippen LogP contribution is -2.47. The Kier molecular flexibility index (Phi) is 5.92. The number of nitrogens with one attached hydrogen (secondary N) is 2. The minimum Gasteiger partial charge on any atom is -0.381 e. The van der Waals surface area contributed by atoms with Crippen molar-refractivity contribution in [1.82, 2.24) is 15.2 Å². The van der Waals surface area contributed by atoms with E-state index in [-0.39, 0.29) is 23.8 Å². The van der Waals surface area contributed by atoms with Crippen molar-refractivity contribution >= 4 is 17.6 Å². The van der Waals surface area contributed by atoms with Gasteiger partial charge < -0.3 is 20.3 Å². The molecule has 1 aliphatic heterocycles. The van der Waals surface area contributed by atoms with Gasteiger partial charge in [-0.25, -0.2) is 4.98 Å². The van der Waals surface area contributed by atoms with Gasteiger partial charge in [0, 0.05) is 58.4 Å². The van der Waals surface area contributed by atoms with E-state index < -0.39 is 0 Å². The zero-order chi connectivity index (χ0) is 16.8. The summed E-state index contributed by atoms with van der Waals surface area (Å²) in [6.07, 6.45) is 2.70. The summed E-state index contributed by atoms with van der Waals surface area (Å²) in [5, 5.41) is 5.56. The number of likely N-dealkylation sites (tertiary alicyclic amines) is 1. The van der Waals surface area contributed by atoms with E-state index in [0.717, 1.165) is 6.42 Å². The first-order valence-corrected chi connectivity index (χ1v) is 7.75. The van der Waals surface area contributed by atoms with Crippen LogP contribution in [0, 0.1) is 5.92 Å². The summed E-state index contributed by atoms with van der Waals surface area (Å²) < 4.78 is 5.48. The molecule has 1 fully saturated rings. The SMILES string of the molecule is CNC(=O)C[C@@H]1CN(C(=O)c2ccnc(NC)c2)CC[C@H]1OC. The third-order valence-corrected chi connectivity index (χ3v) is 4.24. The maximum absolute atomic E-state index is 12.7. The van der Waals surface area contributed by atoms with Crippen LogP contribution in [-0.2, 0) is 9.53 Å². The van der Waals surface area contributed by atoms with E-state index in [2.05, 4.69) is 15.6 Å². The monoisotopic (exact) mass is 320 g/mol. The zero-order valence-electron chi connectivity index (χ0n) is 13.8. The van der Waals surface area contributed by atoms with Gasteiger partial charge in [0.05, 0.1) is 6.10 Å². The quantitative estimate of drug-likeness (QED) is 0.836. The summed E-state index contributed by atoms with van der Waals surface area (Å²) in [6.45, 7) is 1.14. The molecule has 1 aliphatic rings. The molecule has 0 radical (unpaired) electrons. The number of ether oxygens (including phenoxy) is 1. The van der Waals surface area contributed by atoms with E-state index in [1.807, 2.05) is 0 Å². The van der Waals surface area contributed by atoms with Crippen molar-refractivity contribution in [2.75, 3.05) is 39.6 Å². The number of methoxy groups -OCH3 is 1. The number of nitrogens with zero attached hydrogens (tertiary/aromatic N) is 2. The average Bonchev–Trinajstić information content (AvgIpc) is 2.60. The molecular weight excluding hydrogens is 296 g/mol. The van der Waals surface area contributed by atoms with Gasteiger partial charge in [-0.15, -0.1) is 0 Å². The third kappa shape index (κ3) is 4.19. The van der Waals surface area contributed by atoms with Crippen LogP contribution in [-0.4, -0.2) is 62.1 Å². The topological polar surface area (TPSA) is 83.6 Å². The van der Waals surface area contributed by atoms with Gasteiger partial charge in [-0.05, 0) is 18.6 Å². The Labute approximate surface area is 136 Å². The molecule has 7 heteroatoms. The van der Waals surface area contributed by atoms with Crippen molar-refractivity contribution < 1.29 is 14.3 Å². The van der Waals surface area contributed by atoms with Crippen LogP contribution in [0.3, 0.4) is 0 Å². The molecule has 7 nitrogen and oxygen atoms in total. The van der Waals surface area contributed by atoms with E-state index in [9.17, 15) is 9.59 Å². The molecule has 2 N–H and O–H groups in total. The number of hydrogen-bond donors (Lipinski definition) is 2. The highest BCUT2D eigenvalue weighted by Gasteiger charge is 2.33. The van der Waals surface area contributed by atoms with Gasteiger partial charge in [0.15, 0.2) is 0 Å². The number of aromatic nitrogens is 1. The summed E-state index contributed by atoms with van der Waals surface area (Å²) in [5.41, 5.74) is 0.596. The van der Waals surface area contributed by atoms with Crippen molar-refractivity contribution in [2.45, 2.75) is 18.9 Å². The zero-order valence-corrected chi connectivity index (χ0v) is 13.8. The highest BCUT2D eigenvalue weighted by Crippen LogP contribution is 2.24. The van der Waals surface area contributed by atoms with Crippen molar-refractivity contribution in [3.8, 4) is 0 Å². The molecule has 1 aromatic rings. The Balaban J connectivity index is 2.10. The molecule has 0 aliphatic carbocycles. The molecule has 23 heavy (non-hydrogen) atoms. The number of anilines is 1. The number of carbonyl (C=O) groups excluding carboxylic acids is 2. The minimum atomic E-state index is -0.0413. The summed E-state index contributed by atoms with van der Waals surface area (Å²) in [6, 6.07) is 3.44. The van der Waals surface area contributed by atoms with Crippen LogP contribution < -0.4 is 10.6 Å². The first-order valence-electron chi connectivity index (χ1n) is 7.75. The summed E-state index contributed by atoms with van der Waals surface area (Å²) in [5.74, 6) is 0.584. The average molecular weight is 320 g/mol. The van der Waals surface area contributed by atoms with Crippen LogP contribution in [0.2, 0.25) is 0 Å². The van der Waals surface area contributed by atoms with Crippen LogP contribution in [0.1, 0.15) is 23.2 Å². The van der Waals surface area contributed by atoms with E-state index in [0.29, 0.717) is 30.9 Å². The molecule has 0 bridgehead atoms. The maximum atomic E-state index is 12.7. The number of piperidine rings is 1. The van der Waals surface area contributed by atoms with Gasteiger partial charge in [0.25, 0.3) is 5.91 Å². The number of amides is 2. The predicted molar refractivity (Wildman–Crippen MR) is 87.3 cm³/mol. The molecule has 1 aromatic heterocycles. The van der Waals surface area contributed by atoms with E-state index in [1.165, 1.54) is 0 Å². The maximum Gasteiger partial charge on any atom is 0.254 e. The van der Waals surface area contributed by atoms with Crippen molar-refractivity contribution in [3.05, 3.63) is 23.9 Å². The van der Waals surface area contributed by atoms with E-state index in [4.69, 9.17) is 4.74 Å². The Bertz CT molecular complexity index is 564. The smallest absolute Gasteiger partial charge is 0.254 e. The number of carbonyl (C=O) groups is 2. The summed E-state index contributed by atoms with van der Waals surface area (Å²) in [4.78, 5) is 30.3. The second-order valence-electron chi connectivity index (χ2n) is 5.63. The molecule has 2 heterocycles. The van der Waals surface area contributed by atoms with Crippen LogP contribution in [0.5, 0.6) is 0 Å². The highest BCUT2D eigenvalue weighted by atomic mass is 16.5. The molecule has 2 rings (SSSR count). The fourth-order valence-electron chi connectivity index (χ4n) is 2.92. The van der Waals surface area contributed by atoms with Gasteiger partial charge in [0.2, 0.25) is 5.91 Å². The molecule has 2 amide bonds. The lowest BCUT2D eigenvalue weighted by molar-refractivity contribution is -0.123. The van der Waals surface area contributed by atoms with Crippen LogP contribution in [0.4, 0.5) is 5.82 Å². The lowest BCUT2D eigenvalue weighted by atomic mass is 9.90. The minimum absolute atomic E-state index is 0.00154. The largest absolute Gasteiger partial charge is 0.381 e. The standard InChI is InChI=1S/C16H24N4O3/c1-17-14-8-11(4-6-19-14)16(22)20-7-5-13(23-3)12(10-20)9-15(21)18-2/h4,6,8,12-13H,5,7,9-10H2,1-3H3,(H,17,19)(H,18,21)/t12-,13-/m1/s1. The molecule has 0 spiro atoms. The van der Waals surface area contributed by atoms with Crippen LogP contribution in [0.25, 0.3) is 0 Å². The van der Waals surface area contributed by atoms with Crippen LogP contribution in [0.15, 0.2) is 18.3 Å². The molecule has 0 saturated carbocycles. The number of hydrogen-bond acceptors (Lipinski definition) is 5. The first-order chi connectivity index (χ1) is 11.1. The van der Waals surface area contributed by atoms with Crippen molar-refractivity contribution in [1.29, 1.82) is 0 Å². The summed E-state index contributed by atoms with van der Waals surface area (Å²) in [7, 11) is 5.03. The fraction of sp³-hybridized carbons (Fsp3) is 0.562. The third-order valence-electron chi connectivity index (χ3n) is 4.24. The van der Waals surface area contributed by atoms with Crippen molar-refractivity contribution in [3.63, 3.8) is 0 Å². The Morgan fingerprint density at radius 2 is 2.22 bits per heavy atom. The van der Waals surface area contributed by atoms with Crippen molar-refractivity contribution in [2.24, 2.45) is 5.92 Å². The molecule has 126 valence electrons. The van der Waals surface area contributed by atoms with Crippen LogP contribution >= 0.6 is 0 Å². The number of rotatable bonds is 5. The highest BCUT2D eigenvalue weighted by molar-refractivity contribution is 5.95. The fourth-order valence-corrected chi connectivity index (χ4v) is 2.92. The van der Waals surface area contributed by atoms with E-state index >= 15 is 0 Å². The van der Waals surface area contributed by atoms with Gasteiger partial charge in [-0.2, -0.15) is 0 Å². The summed E-state index contributed by atoms with van der Waals surface area (Å²) >= 11 is 0. The predicted octanol–water partition coefficient (Wildman–Crippen LogP) is 0.736. The Morgan fingerprint density at radius 3 is 2.87 bits per heavy atom. The molecular formula is C16H24N4O3. The second-order valence-corrected chi connectivity index (χ2v) is 5.63. The lowest BCUT2D eigenvalue weighted by Gasteiger charge is -2.37. The Morgan fingerprint density at radius 1 is 1.43 bits per heavy atom.